The summed E-state index contributed by atoms with van der Waals surface area (Å²) in [7, 11) is 2.13. The monoisotopic (exact) mass is 241 g/mol. The van der Waals surface area contributed by atoms with E-state index in [1.807, 2.05) is 0 Å². The third kappa shape index (κ3) is 4.64. The van der Waals surface area contributed by atoms with E-state index >= 15 is 0 Å². The lowest BCUT2D eigenvalue weighted by Crippen LogP contribution is -2.44. The number of carbonyl (C=O) groups is 1. The molecule has 4 heteroatoms. The van der Waals surface area contributed by atoms with Gasteiger partial charge in [0.2, 0.25) is 5.91 Å². The van der Waals surface area contributed by atoms with Crippen LogP contribution in [0.1, 0.15) is 33.6 Å². The Hall–Kier alpha value is -0.610. The van der Waals surface area contributed by atoms with Crippen LogP contribution in [0.4, 0.5) is 0 Å². The third-order valence-electron chi connectivity index (χ3n) is 3.40. The molecule has 1 aliphatic rings. The van der Waals surface area contributed by atoms with E-state index in [2.05, 4.69) is 42.9 Å². The molecule has 1 heterocycles. The van der Waals surface area contributed by atoms with E-state index in [0.717, 1.165) is 32.6 Å². The number of likely N-dealkylation sites (N-methyl/N-ethyl adjacent to an activating group) is 1. The Bertz CT molecular complexity index is 245. The van der Waals surface area contributed by atoms with E-state index in [1.54, 1.807) is 0 Å². The quantitative estimate of drug-likeness (QED) is 0.795. The van der Waals surface area contributed by atoms with Crippen LogP contribution in [0.5, 0.6) is 0 Å². The molecule has 0 aromatic carbocycles. The summed E-state index contributed by atoms with van der Waals surface area (Å²) < 4.78 is 0. The summed E-state index contributed by atoms with van der Waals surface area (Å²) >= 11 is 0. The van der Waals surface area contributed by atoms with Crippen molar-refractivity contribution in [3.05, 3.63) is 0 Å². The molecule has 0 aliphatic carbocycles. The molecular weight excluding hydrogens is 214 g/mol. The number of carbonyl (C=O) groups excluding carboxylic acids is 1. The van der Waals surface area contributed by atoms with Crippen molar-refractivity contribution in [1.29, 1.82) is 0 Å². The SMILES string of the molecule is CCNC(C)CC(=O)N1CCCN(C)CC1C. The highest BCUT2D eigenvalue weighted by Crippen LogP contribution is 2.11. The zero-order valence-electron chi connectivity index (χ0n) is 11.7. The normalized spacial score (nSPS) is 24.5. The molecule has 1 N–H and O–H groups in total. The maximum Gasteiger partial charge on any atom is 0.224 e. The maximum absolute atomic E-state index is 12.2. The van der Waals surface area contributed by atoms with Gasteiger partial charge in [0.25, 0.3) is 0 Å². The van der Waals surface area contributed by atoms with Gasteiger partial charge >= 0.3 is 0 Å². The fourth-order valence-electron chi connectivity index (χ4n) is 2.54. The molecule has 1 saturated heterocycles. The second kappa shape index (κ2) is 6.97. The minimum Gasteiger partial charge on any atom is -0.339 e. The van der Waals surface area contributed by atoms with Crippen molar-refractivity contribution in [2.75, 3.05) is 33.2 Å². The Morgan fingerprint density at radius 1 is 1.47 bits per heavy atom. The molecule has 0 saturated carbocycles. The summed E-state index contributed by atoms with van der Waals surface area (Å²) in [6.45, 7) is 10.2. The van der Waals surface area contributed by atoms with Crippen LogP contribution < -0.4 is 5.32 Å². The molecule has 4 nitrogen and oxygen atoms in total. The highest BCUT2D eigenvalue weighted by molar-refractivity contribution is 5.77. The molecule has 0 aromatic rings. The van der Waals surface area contributed by atoms with Crippen LogP contribution in [-0.2, 0) is 4.79 Å². The van der Waals surface area contributed by atoms with Gasteiger partial charge in [-0.2, -0.15) is 0 Å². The lowest BCUT2D eigenvalue weighted by molar-refractivity contribution is -0.133. The molecule has 1 fully saturated rings. The van der Waals surface area contributed by atoms with Gasteiger partial charge in [0.15, 0.2) is 0 Å². The second-order valence-corrected chi connectivity index (χ2v) is 5.21. The molecule has 0 aromatic heterocycles. The smallest absolute Gasteiger partial charge is 0.224 e. The zero-order chi connectivity index (χ0) is 12.8. The van der Waals surface area contributed by atoms with E-state index in [9.17, 15) is 4.79 Å². The third-order valence-corrected chi connectivity index (χ3v) is 3.40. The average molecular weight is 241 g/mol. The lowest BCUT2D eigenvalue weighted by atomic mass is 10.2. The lowest BCUT2D eigenvalue weighted by Gasteiger charge is -2.29. The fourth-order valence-corrected chi connectivity index (χ4v) is 2.54. The van der Waals surface area contributed by atoms with E-state index in [1.165, 1.54) is 0 Å². The van der Waals surface area contributed by atoms with Crippen molar-refractivity contribution in [2.24, 2.45) is 0 Å². The standard InChI is InChI=1S/C13H27N3O/c1-5-14-11(2)9-13(17)16-8-6-7-15(4)10-12(16)3/h11-12,14H,5-10H2,1-4H3. The molecule has 0 spiro atoms. The molecule has 2 atom stereocenters. The summed E-state index contributed by atoms with van der Waals surface area (Å²) in [6, 6.07) is 0.615. The maximum atomic E-state index is 12.2. The van der Waals surface area contributed by atoms with E-state index in [4.69, 9.17) is 0 Å². The Labute approximate surface area is 105 Å². The highest BCUT2D eigenvalue weighted by Gasteiger charge is 2.24. The van der Waals surface area contributed by atoms with Crippen LogP contribution in [0.3, 0.4) is 0 Å². The van der Waals surface area contributed by atoms with Gasteiger partial charge in [0.05, 0.1) is 0 Å². The number of amides is 1. The van der Waals surface area contributed by atoms with Gasteiger partial charge < -0.3 is 15.1 Å². The van der Waals surface area contributed by atoms with E-state index in [-0.39, 0.29) is 6.04 Å². The molecule has 0 radical (unpaired) electrons. The van der Waals surface area contributed by atoms with Gasteiger partial charge in [-0.3, -0.25) is 4.79 Å². The largest absolute Gasteiger partial charge is 0.339 e. The first kappa shape index (κ1) is 14.5. The Balaban J connectivity index is 2.49. The number of hydrogen-bond donors (Lipinski definition) is 1. The Morgan fingerprint density at radius 2 is 2.18 bits per heavy atom. The molecule has 1 amide bonds. The van der Waals surface area contributed by atoms with Gasteiger partial charge in [0.1, 0.15) is 0 Å². The Morgan fingerprint density at radius 3 is 2.82 bits per heavy atom. The summed E-state index contributed by atoms with van der Waals surface area (Å²) in [5, 5.41) is 3.30. The van der Waals surface area contributed by atoms with Crippen LogP contribution in [0.25, 0.3) is 0 Å². The molecule has 100 valence electrons. The first-order valence-electron chi connectivity index (χ1n) is 6.76. The van der Waals surface area contributed by atoms with Crippen LogP contribution in [-0.4, -0.2) is 61.0 Å². The first-order chi connectivity index (χ1) is 8.04. The number of nitrogens with zero attached hydrogens (tertiary/aromatic N) is 2. The number of nitrogens with one attached hydrogen (secondary N) is 1. The molecular formula is C13H27N3O. The van der Waals surface area contributed by atoms with Crippen LogP contribution in [0.15, 0.2) is 0 Å². The predicted octanol–water partition coefficient (Wildman–Crippen LogP) is 0.927. The van der Waals surface area contributed by atoms with Crippen molar-refractivity contribution in [2.45, 2.75) is 45.7 Å². The summed E-state index contributed by atoms with van der Waals surface area (Å²) in [6.07, 6.45) is 1.70. The fraction of sp³-hybridized carbons (Fsp3) is 0.923. The van der Waals surface area contributed by atoms with Crippen molar-refractivity contribution in [1.82, 2.24) is 15.1 Å². The minimum absolute atomic E-state index is 0.278. The Kier molecular flexibility index (Phi) is 5.92. The molecule has 2 unspecified atom stereocenters. The van der Waals surface area contributed by atoms with Gasteiger partial charge in [0, 0.05) is 31.6 Å². The predicted molar refractivity (Wildman–Crippen MR) is 71.0 cm³/mol. The summed E-state index contributed by atoms with van der Waals surface area (Å²) in [5.74, 6) is 0.293. The van der Waals surface area contributed by atoms with Crippen LogP contribution in [0, 0.1) is 0 Å². The average Bonchev–Trinajstić information content (AvgIpc) is 2.39. The van der Waals surface area contributed by atoms with Gasteiger partial charge in [-0.05, 0) is 40.4 Å². The van der Waals surface area contributed by atoms with E-state index in [0.29, 0.717) is 18.4 Å². The second-order valence-electron chi connectivity index (χ2n) is 5.21. The van der Waals surface area contributed by atoms with Gasteiger partial charge in [-0.15, -0.1) is 0 Å². The number of rotatable bonds is 4. The van der Waals surface area contributed by atoms with Gasteiger partial charge in [-0.1, -0.05) is 6.92 Å². The van der Waals surface area contributed by atoms with Crippen molar-refractivity contribution < 1.29 is 4.79 Å². The molecule has 1 rings (SSSR count). The van der Waals surface area contributed by atoms with E-state index < -0.39 is 0 Å². The molecule has 1 aliphatic heterocycles. The van der Waals surface area contributed by atoms with Crippen molar-refractivity contribution in [3.8, 4) is 0 Å². The minimum atomic E-state index is 0.278. The van der Waals surface area contributed by atoms with Gasteiger partial charge in [-0.25, -0.2) is 0 Å². The molecule has 0 bridgehead atoms. The van der Waals surface area contributed by atoms with Crippen molar-refractivity contribution >= 4 is 5.91 Å². The van der Waals surface area contributed by atoms with Crippen LogP contribution in [0.2, 0.25) is 0 Å². The zero-order valence-corrected chi connectivity index (χ0v) is 11.7. The molecule has 17 heavy (non-hydrogen) atoms. The number of hydrogen-bond acceptors (Lipinski definition) is 3. The topological polar surface area (TPSA) is 35.6 Å². The summed E-state index contributed by atoms with van der Waals surface area (Å²) in [5.41, 5.74) is 0. The summed E-state index contributed by atoms with van der Waals surface area (Å²) in [4.78, 5) is 16.6. The first-order valence-corrected chi connectivity index (χ1v) is 6.76. The van der Waals surface area contributed by atoms with Crippen molar-refractivity contribution in [3.63, 3.8) is 0 Å². The highest BCUT2D eigenvalue weighted by atomic mass is 16.2. The van der Waals surface area contributed by atoms with Crippen LogP contribution >= 0.6 is 0 Å².